The molecule has 2 aliphatic heterocycles. The van der Waals surface area contributed by atoms with Crippen molar-refractivity contribution in [1.82, 2.24) is 20.4 Å². The molecule has 1 aromatic carbocycles. The number of nitrogens with one attached hydrogen (secondary N) is 1. The molecule has 0 bridgehead atoms. The molecule has 1 saturated heterocycles. The van der Waals surface area contributed by atoms with Crippen molar-refractivity contribution in [2.45, 2.75) is 38.6 Å². The van der Waals surface area contributed by atoms with E-state index in [1.54, 1.807) is 6.07 Å². The van der Waals surface area contributed by atoms with Crippen molar-refractivity contribution in [2.75, 3.05) is 13.1 Å². The molecule has 4 rings (SSSR count). The van der Waals surface area contributed by atoms with Gasteiger partial charge in [0.25, 0.3) is 5.91 Å². The second kappa shape index (κ2) is 6.90. The number of amides is 2. The van der Waals surface area contributed by atoms with Crippen molar-refractivity contribution in [3.8, 4) is 0 Å². The van der Waals surface area contributed by atoms with Crippen LogP contribution in [-0.2, 0) is 11.2 Å². The minimum absolute atomic E-state index is 0.0908. The zero-order chi connectivity index (χ0) is 18.1. The van der Waals surface area contributed by atoms with Gasteiger partial charge in [-0.25, -0.2) is 0 Å². The van der Waals surface area contributed by atoms with Gasteiger partial charge in [0.05, 0.1) is 12.5 Å². The predicted molar refractivity (Wildman–Crippen MR) is 93.3 cm³/mol. The zero-order valence-corrected chi connectivity index (χ0v) is 14.8. The van der Waals surface area contributed by atoms with Gasteiger partial charge in [-0.1, -0.05) is 23.4 Å². The number of aromatic nitrogens is 2. The normalized spacial score (nSPS) is 20.1. The van der Waals surface area contributed by atoms with Gasteiger partial charge in [-0.05, 0) is 37.3 Å². The van der Waals surface area contributed by atoms with Crippen LogP contribution in [0.15, 0.2) is 28.8 Å². The Kier molecular flexibility index (Phi) is 4.44. The molecule has 26 heavy (non-hydrogen) atoms. The standard InChI is InChI=1S/C19H22N4O3/c1-12-20-17(26-22-12)10-13-6-8-23(9-7-13)18(24)11-16-14-4-2-3-5-15(14)19(25)21-16/h2-5,13,16H,6-11H2,1H3,(H,21,25). The van der Waals surface area contributed by atoms with Gasteiger partial charge < -0.3 is 14.7 Å². The Balaban J connectivity index is 1.31. The van der Waals surface area contributed by atoms with Crippen LogP contribution in [0.2, 0.25) is 0 Å². The lowest BCUT2D eigenvalue weighted by atomic mass is 9.93. The molecule has 0 aliphatic carbocycles. The molecule has 1 unspecified atom stereocenters. The summed E-state index contributed by atoms with van der Waals surface area (Å²) in [6.45, 7) is 3.28. The highest BCUT2D eigenvalue weighted by atomic mass is 16.5. The van der Waals surface area contributed by atoms with E-state index in [1.165, 1.54) is 0 Å². The van der Waals surface area contributed by atoms with Gasteiger partial charge in [0.1, 0.15) is 0 Å². The van der Waals surface area contributed by atoms with Gasteiger partial charge in [0.2, 0.25) is 11.8 Å². The van der Waals surface area contributed by atoms with Crippen molar-refractivity contribution >= 4 is 11.8 Å². The van der Waals surface area contributed by atoms with Gasteiger partial charge >= 0.3 is 0 Å². The van der Waals surface area contributed by atoms with E-state index in [0.29, 0.717) is 29.6 Å². The third kappa shape index (κ3) is 3.34. The Morgan fingerprint density at radius 3 is 2.81 bits per heavy atom. The third-order valence-electron chi connectivity index (χ3n) is 5.27. The molecule has 2 amide bonds. The number of aryl methyl sites for hydroxylation is 1. The zero-order valence-electron chi connectivity index (χ0n) is 14.8. The smallest absolute Gasteiger partial charge is 0.252 e. The number of likely N-dealkylation sites (tertiary alicyclic amines) is 1. The topological polar surface area (TPSA) is 88.3 Å². The number of carbonyl (C=O) groups is 2. The van der Waals surface area contributed by atoms with Crippen LogP contribution >= 0.6 is 0 Å². The van der Waals surface area contributed by atoms with E-state index >= 15 is 0 Å². The first-order valence-electron chi connectivity index (χ1n) is 9.07. The summed E-state index contributed by atoms with van der Waals surface area (Å²) in [7, 11) is 0. The molecular weight excluding hydrogens is 332 g/mol. The van der Waals surface area contributed by atoms with E-state index in [9.17, 15) is 9.59 Å². The second-order valence-corrected chi connectivity index (χ2v) is 7.08. The molecular formula is C19H22N4O3. The number of hydrogen-bond donors (Lipinski definition) is 1. The van der Waals surface area contributed by atoms with Gasteiger partial charge in [-0.2, -0.15) is 4.98 Å². The molecule has 0 saturated carbocycles. The van der Waals surface area contributed by atoms with Crippen LogP contribution in [0.4, 0.5) is 0 Å². The Labute approximate surface area is 151 Å². The second-order valence-electron chi connectivity index (χ2n) is 7.08. The van der Waals surface area contributed by atoms with E-state index in [2.05, 4.69) is 15.5 Å². The van der Waals surface area contributed by atoms with Gasteiger partial charge in [0, 0.05) is 25.1 Å². The van der Waals surface area contributed by atoms with E-state index in [0.717, 1.165) is 37.9 Å². The van der Waals surface area contributed by atoms with E-state index in [-0.39, 0.29) is 17.9 Å². The average molecular weight is 354 g/mol. The monoisotopic (exact) mass is 354 g/mol. The van der Waals surface area contributed by atoms with Crippen LogP contribution in [0.25, 0.3) is 0 Å². The summed E-state index contributed by atoms with van der Waals surface area (Å²) in [4.78, 5) is 30.8. The maximum Gasteiger partial charge on any atom is 0.252 e. The Hall–Kier alpha value is -2.70. The summed E-state index contributed by atoms with van der Waals surface area (Å²) in [5, 5.41) is 6.74. The fourth-order valence-corrected chi connectivity index (χ4v) is 3.84. The summed E-state index contributed by atoms with van der Waals surface area (Å²) < 4.78 is 5.19. The fourth-order valence-electron chi connectivity index (χ4n) is 3.84. The molecule has 1 atom stereocenters. The lowest BCUT2D eigenvalue weighted by Gasteiger charge is -2.32. The van der Waals surface area contributed by atoms with Gasteiger partial charge in [-0.3, -0.25) is 9.59 Å². The number of piperidine rings is 1. The minimum atomic E-state index is -0.217. The predicted octanol–water partition coefficient (Wildman–Crippen LogP) is 2.03. The maximum atomic E-state index is 12.7. The lowest BCUT2D eigenvalue weighted by molar-refractivity contribution is -0.133. The highest BCUT2D eigenvalue weighted by Crippen LogP contribution is 2.29. The average Bonchev–Trinajstić information content (AvgIpc) is 3.19. The van der Waals surface area contributed by atoms with Crippen LogP contribution in [0.3, 0.4) is 0 Å². The first-order chi connectivity index (χ1) is 12.6. The summed E-state index contributed by atoms with van der Waals surface area (Å²) in [6, 6.07) is 7.26. The first kappa shape index (κ1) is 16.8. The summed E-state index contributed by atoms with van der Waals surface area (Å²) in [5.74, 6) is 1.81. The number of benzene rings is 1. The number of carbonyl (C=O) groups excluding carboxylic acids is 2. The summed E-state index contributed by atoms with van der Waals surface area (Å²) >= 11 is 0. The summed E-state index contributed by atoms with van der Waals surface area (Å²) in [6.07, 6.45) is 2.95. The van der Waals surface area contributed by atoms with E-state index in [4.69, 9.17) is 4.52 Å². The van der Waals surface area contributed by atoms with Gasteiger partial charge in [-0.15, -0.1) is 0 Å². The van der Waals surface area contributed by atoms with E-state index in [1.807, 2.05) is 30.0 Å². The summed E-state index contributed by atoms with van der Waals surface area (Å²) in [5.41, 5.74) is 1.60. The molecule has 1 fully saturated rings. The lowest BCUT2D eigenvalue weighted by Crippen LogP contribution is -2.40. The first-order valence-corrected chi connectivity index (χ1v) is 9.07. The largest absolute Gasteiger partial charge is 0.345 e. The number of nitrogens with zero attached hydrogens (tertiary/aromatic N) is 3. The fraction of sp³-hybridized carbons (Fsp3) is 0.474. The molecule has 2 aromatic rings. The Morgan fingerprint density at radius 2 is 2.08 bits per heavy atom. The number of hydrogen-bond acceptors (Lipinski definition) is 5. The highest BCUT2D eigenvalue weighted by molar-refractivity contribution is 5.99. The SMILES string of the molecule is Cc1noc(CC2CCN(C(=O)CC3NC(=O)c4ccccc43)CC2)n1. The molecule has 136 valence electrons. The van der Waals surface area contributed by atoms with Crippen molar-refractivity contribution in [3.63, 3.8) is 0 Å². The van der Waals surface area contributed by atoms with Crippen molar-refractivity contribution in [2.24, 2.45) is 5.92 Å². The molecule has 1 aromatic heterocycles. The van der Waals surface area contributed by atoms with Crippen molar-refractivity contribution < 1.29 is 14.1 Å². The van der Waals surface area contributed by atoms with Crippen LogP contribution in [-0.4, -0.2) is 39.9 Å². The molecule has 7 nitrogen and oxygen atoms in total. The highest BCUT2D eigenvalue weighted by Gasteiger charge is 2.32. The minimum Gasteiger partial charge on any atom is -0.345 e. The maximum absolute atomic E-state index is 12.7. The van der Waals surface area contributed by atoms with E-state index < -0.39 is 0 Å². The molecule has 0 radical (unpaired) electrons. The molecule has 3 heterocycles. The van der Waals surface area contributed by atoms with Crippen molar-refractivity contribution in [3.05, 3.63) is 47.1 Å². The molecule has 2 aliphatic rings. The molecule has 1 N–H and O–H groups in total. The number of rotatable bonds is 4. The van der Waals surface area contributed by atoms with Crippen LogP contribution < -0.4 is 5.32 Å². The number of fused-ring (bicyclic) bond motifs is 1. The van der Waals surface area contributed by atoms with Crippen molar-refractivity contribution in [1.29, 1.82) is 0 Å². The third-order valence-corrected chi connectivity index (χ3v) is 5.27. The van der Waals surface area contributed by atoms with Crippen LogP contribution in [0.5, 0.6) is 0 Å². The quantitative estimate of drug-likeness (QED) is 0.908. The Bertz CT molecular complexity index is 824. The van der Waals surface area contributed by atoms with Gasteiger partial charge in [0.15, 0.2) is 5.82 Å². The van der Waals surface area contributed by atoms with Crippen LogP contribution in [0, 0.1) is 12.8 Å². The molecule has 0 spiro atoms. The Morgan fingerprint density at radius 1 is 1.31 bits per heavy atom. The van der Waals surface area contributed by atoms with Crippen LogP contribution in [0.1, 0.15) is 52.9 Å². The molecule has 7 heteroatoms.